The molecule has 2 aromatic rings. The first-order valence-corrected chi connectivity index (χ1v) is 9.92. The molecule has 0 saturated heterocycles. The van der Waals surface area contributed by atoms with Crippen LogP contribution >= 0.6 is 0 Å². The average molecular weight is 438 g/mol. The van der Waals surface area contributed by atoms with Gasteiger partial charge in [0.05, 0.1) is 6.61 Å². The zero-order valence-corrected chi connectivity index (χ0v) is 17.5. The number of carbonyl (C=O) groups is 1. The number of rotatable bonds is 5. The molecule has 0 spiro atoms. The Balaban J connectivity index is 0.00000101. The highest BCUT2D eigenvalue weighted by molar-refractivity contribution is 7.51. The van der Waals surface area contributed by atoms with Crippen molar-refractivity contribution in [3.05, 3.63) is 52.2 Å². The number of hydrogen-bond donors (Lipinski definition) is 2. The van der Waals surface area contributed by atoms with Gasteiger partial charge in [-0.1, -0.05) is 19.9 Å². The number of halogens is 1. The lowest BCUT2D eigenvalue weighted by Crippen LogP contribution is -2.36. The van der Waals surface area contributed by atoms with Crippen LogP contribution in [-0.2, 0) is 29.3 Å². The van der Waals surface area contributed by atoms with Gasteiger partial charge >= 0.3 is 11.6 Å². The highest BCUT2D eigenvalue weighted by Gasteiger charge is 2.27. The minimum absolute atomic E-state index is 0.161. The molecule has 10 heteroatoms. The van der Waals surface area contributed by atoms with Crippen molar-refractivity contribution in [2.75, 3.05) is 6.61 Å². The van der Waals surface area contributed by atoms with E-state index < -0.39 is 28.7 Å². The number of fused-ring (bicyclic) bond motifs is 1. The second kappa shape index (κ2) is 10.3. The van der Waals surface area contributed by atoms with Crippen LogP contribution in [0, 0.1) is 11.2 Å². The molecule has 0 aliphatic carbocycles. The van der Waals surface area contributed by atoms with Crippen LogP contribution in [0.15, 0.2) is 35.3 Å². The van der Waals surface area contributed by atoms with E-state index in [9.17, 15) is 14.0 Å². The molecule has 1 aliphatic rings. The summed E-state index contributed by atoms with van der Waals surface area (Å²) < 4.78 is 38.1. The number of pyridine rings is 1. The van der Waals surface area contributed by atoms with E-state index in [1.165, 1.54) is 16.8 Å². The Morgan fingerprint density at radius 3 is 2.70 bits per heavy atom. The van der Waals surface area contributed by atoms with Gasteiger partial charge in [0, 0.05) is 29.8 Å². The van der Waals surface area contributed by atoms with Crippen molar-refractivity contribution in [3.63, 3.8) is 0 Å². The van der Waals surface area contributed by atoms with Gasteiger partial charge < -0.3 is 9.30 Å². The standard InChI is InChI=1S/C20H23FN2O4.O2S/c1-20(2,19(25)22-26)7-8-23-12-16(21)15(11-18(23)24)13-5-6-17-14(10-13)4-3-9-27-17;1-3-2/h5-6,10-12,26H,3-4,7-9H2,1-2H3,(H,22,25);. The van der Waals surface area contributed by atoms with Crippen molar-refractivity contribution >= 4 is 17.5 Å². The fraction of sp³-hybridized carbons (Fsp3) is 0.400. The lowest BCUT2D eigenvalue weighted by molar-refractivity contribution is -0.138. The number of hydrogen-bond acceptors (Lipinski definition) is 6. The third kappa shape index (κ3) is 5.61. The van der Waals surface area contributed by atoms with Crippen LogP contribution in [0.25, 0.3) is 11.1 Å². The first-order chi connectivity index (χ1) is 14.2. The van der Waals surface area contributed by atoms with E-state index in [2.05, 4.69) is 0 Å². The molecule has 30 heavy (non-hydrogen) atoms. The first-order valence-electron chi connectivity index (χ1n) is 9.26. The SMILES string of the molecule is CC(C)(CCn1cc(F)c(-c2ccc3c(c2)CCCO3)cc1=O)C(=O)NO.O=S=O. The van der Waals surface area contributed by atoms with E-state index in [0.29, 0.717) is 12.2 Å². The number of carbonyl (C=O) groups excluding carboxylic acids is 1. The molecule has 0 fully saturated rings. The second-order valence-corrected chi connectivity index (χ2v) is 7.62. The van der Waals surface area contributed by atoms with Crippen LogP contribution in [0.3, 0.4) is 0 Å². The van der Waals surface area contributed by atoms with E-state index in [-0.39, 0.29) is 24.1 Å². The minimum atomic E-state index is -0.887. The summed E-state index contributed by atoms with van der Waals surface area (Å²) in [6.45, 7) is 4.13. The fourth-order valence-electron chi connectivity index (χ4n) is 3.13. The number of amides is 1. The quantitative estimate of drug-likeness (QED) is 0.547. The molecule has 1 aromatic heterocycles. The van der Waals surface area contributed by atoms with E-state index in [1.54, 1.807) is 25.4 Å². The van der Waals surface area contributed by atoms with Crippen LogP contribution < -0.4 is 15.8 Å². The van der Waals surface area contributed by atoms with Crippen molar-refractivity contribution in [3.8, 4) is 16.9 Å². The van der Waals surface area contributed by atoms with Gasteiger partial charge in [-0.25, -0.2) is 9.87 Å². The zero-order valence-electron chi connectivity index (χ0n) is 16.6. The van der Waals surface area contributed by atoms with Gasteiger partial charge in [0.1, 0.15) is 11.6 Å². The Kier molecular flexibility index (Phi) is 8.01. The topological polar surface area (TPSA) is 115 Å². The Hall–Kier alpha value is -2.85. The molecule has 0 radical (unpaired) electrons. The Morgan fingerprint density at radius 2 is 2.03 bits per heavy atom. The van der Waals surface area contributed by atoms with Gasteiger partial charge in [0.2, 0.25) is 5.91 Å². The molecule has 2 N–H and O–H groups in total. The van der Waals surface area contributed by atoms with Crippen molar-refractivity contribution in [2.45, 2.75) is 39.7 Å². The number of ether oxygens (including phenoxy) is 1. The number of aromatic nitrogens is 1. The molecule has 1 aliphatic heterocycles. The maximum atomic E-state index is 14.7. The first kappa shape index (κ1) is 23.4. The van der Waals surface area contributed by atoms with Crippen molar-refractivity contribution in [1.29, 1.82) is 0 Å². The zero-order chi connectivity index (χ0) is 22.3. The molecule has 0 atom stereocenters. The predicted molar refractivity (Wildman–Crippen MR) is 107 cm³/mol. The summed E-state index contributed by atoms with van der Waals surface area (Å²) in [7, 11) is 0. The maximum absolute atomic E-state index is 14.7. The number of aryl methyl sites for hydroxylation is 2. The number of nitrogens with zero attached hydrogens (tertiary/aromatic N) is 1. The van der Waals surface area contributed by atoms with Gasteiger partial charge in [-0.2, -0.15) is 8.42 Å². The molecular weight excluding hydrogens is 415 g/mol. The highest BCUT2D eigenvalue weighted by atomic mass is 32.1. The predicted octanol–water partition coefficient (Wildman–Crippen LogP) is 2.23. The monoisotopic (exact) mass is 438 g/mol. The summed E-state index contributed by atoms with van der Waals surface area (Å²) in [5.41, 5.74) is 2.28. The molecule has 0 saturated carbocycles. The van der Waals surface area contributed by atoms with Gasteiger partial charge in [-0.3, -0.25) is 14.8 Å². The molecule has 8 nitrogen and oxygen atoms in total. The van der Waals surface area contributed by atoms with Crippen LogP contribution in [0.4, 0.5) is 4.39 Å². The van der Waals surface area contributed by atoms with Crippen LogP contribution in [-0.4, -0.2) is 30.7 Å². The van der Waals surface area contributed by atoms with Gasteiger partial charge in [-0.05, 0) is 42.5 Å². The summed E-state index contributed by atoms with van der Waals surface area (Å²) in [6.07, 6.45) is 3.22. The normalized spacial score (nSPS) is 12.7. The minimum Gasteiger partial charge on any atom is -0.493 e. The van der Waals surface area contributed by atoms with Crippen LogP contribution in [0.1, 0.15) is 32.3 Å². The van der Waals surface area contributed by atoms with Gasteiger partial charge in [-0.15, -0.1) is 0 Å². The largest absolute Gasteiger partial charge is 0.493 e. The molecule has 2 heterocycles. The average Bonchev–Trinajstić information content (AvgIpc) is 2.73. The van der Waals surface area contributed by atoms with Crippen LogP contribution in [0.2, 0.25) is 0 Å². The summed E-state index contributed by atoms with van der Waals surface area (Å²) in [6, 6.07) is 6.71. The van der Waals surface area contributed by atoms with Gasteiger partial charge in [0.15, 0.2) is 0 Å². The number of benzene rings is 1. The van der Waals surface area contributed by atoms with Crippen molar-refractivity contribution in [1.82, 2.24) is 10.0 Å². The number of nitrogens with one attached hydrogen (secondary N) is 1. The van der Waals surface area contributed by atoms with E-state index in [1.807, 2.05) is 12.1 Å². The lowest BCUT2D eigenvalue weighted by atomic mass is 9.88. The van der Waals surface area contributed by atoms with E-state index in [0.717, 1.165) is 24.2 Å². The number of hydroxylamine groups is 1. The molecule has 1 amide bonds. The van der Waals surface area contributed by atoms with E-state index in [4.69, 9.17) is 18.4 Å². The third-order valence-corrected chi connectivity index (χ3v) is 4.99. The highest BCUT2D eigenvalue weighted by Crippen LogP contribution is 2.31. The lowest BCUT2D eigenvalue weighted by Gasteiger charge is -2.22. The summed E-state index contributed by atoms with van der Waals surface area (Å²) >= 11 is -0.750. The van der Waals surface area contributed by atoms with Crippen molar-refractivity contribution < 1.29 is 27.5 Å². The van der Waals surface area contributed by atoms with Crippen molar-refractivity contribution in [2.24, 2.45) is 5.41 Å². The molecular formula is C20H23FN2O6S. The summed E-state index contributed by atoms with van der Waals surface area (Å²) in [4.78, 5) is 24.1. The summed E-state index contributed by atoms with van der Waals surface area (Å²) in [5, 5.41) is 8.78. The Morgan fingerprint density at radius 1 is 1.33 bits per heavy atom. The second-order valence-electron chi connectivity index (χ2n) is 7.48. The Bertz CT molecular complexity index is 1010. The maximum Gasteiger partial charge on any atom is 0.335 e. The fourth-order valence-corrected chi connectivity index (χ4v) is 3.13. The summed E-state index contributed by atoms with van der Waals surface area (Å²) in [5.74, 6) is -0.247. The van der Waals surface area contributed by atoms with E-state index >= 15 is 0 Å². The molecule has 162 valence electrons. The molecule has 0 unspecified atom stereocenters. The van der Waals surface area contributed by atoms with Gasteiger partial charge in [0.25, 0.3) is 5.56 Å². The molecule has 0 bridgehead atoms. The smallest absolute Gasteiger partial charge is 0.335 e. The molecule has 3 rings (SSSR count). The molecule has 1 aromatic carbocycles. The van der Waals surface area contributed by atoms with Crippen LogP contribution in [0.5, 0.6) is 5.75 Å². The Labute approximate surface area is 176 Å². The third-order valence-electron chi connectivity index (χ3n) is 4.99.